The quantitative estimate of drug-likeness (QED) is 0.384. The molecule has 188 valence electrons. The number of nitrogens with one attached hydrogen (secondary N) is 3. The number of anilines is 2. The summed E-state index contributed by atoms with van der Waals surface area (Å²) in [5, 5.41) is 10.5. The van der Waals surface area contributed by atoms with Crippen LogP contribution in [0.5, 0.6) is 0 Å². The number of methoxy groups -OCH3 is 1. The van der Waals surface area contributed by atoms with Crippen molar-refractivity contribution in [3.63, 3.8) is 0 Å². The van der Waals surface area contributed by atoms with Gasteiger partial charge in [0.15, 0.2) is 5.82 Å². The molecule has 1 unspecified atom stereocenters. The number of rotatable bonds is 9. The van der Waals surface area contributed by atoms with Crippen LogP contribution in [0.3, 0.4) is 0 Å². The summed E-state index contributed by atoms with van der Waals surface area (Å²) in [7, 11) is -2.29. The molecule has 0 aliphatic rings. The average Bonchev–Trinajstić information content (AvgIpc) is 3.24. The van der Waals surface area contributed by atoms with Gasteiger partial charge in [-0.05, 0) is 32.9 Å². The van der Waals surface area contributed by atoms with E-state index in [1.165, 1.54) is 13.3 Å². The van der Waals surface area contributed by atoms with Crippen LogP contribution < -0.4 is 15.4 Å². The minimum Gasteiger partial charge on any atom is -0.453 e. The predicted molar refractivity (Wildman–Crippen MR) is 134 cm³/mol. The monoisotopic (exact) mass is 522 g/mol. The predicted octanol–water partition coefficient (Wildman–Crippen LogP) is 3.16. The summed E-state index contributed by atoms with van der Waals surface area (Å²) < 4.78 is 32.1. The van der Waals surface area contributed by atoms with Crippen molar-refractivity contribution in [1.82, 2.24) is 30.0 Å². The van der Waals surface area contributed by atoms with Gasteiger partial charge in [-0.15, -0.1) is 0 Å². The van der Waals surface area contributed by atoms with Crippen LogP contribution in [0.4, 0.5) is 16.6 Å². The smallest absolute Gasteiger partial charge is 0.407 e. The first-order valence-corrected chi connectivity index (χ1v) is 12.9. The van der Waals surface area contributed by atoms with E-state index >= 15 is 0 Å². The van der Waals surface area contributed by atoms with Gasteiger partial charge in [0.1, 0.15) is 5.69 Å². The van der Waals surface area contributed by atoms with E-state index in [1.54, 1.807) is 23.0 Å². The van der Waals surface area contributed by atoms with Crippen LogP contribution in [0.2, 0.25) is 5.02 Å². The molecule has 0 aromatic carbocycles. The van der Waals surface area contributed by atoms with Crippen molar-refractivity contribution in [1.29, 1.82) is 0 Å². The molecule has 0 spiro atoms. The average molecular weight is 523 g/mol. The van der Waals surface area contributed by atoms with Gasteiger partial charge in [0.2, 0.25) is 16.0 Å². The largest absolute Gasteiger partial charge is 0.453 e. The summed E-state index contributed by atoms with van der Waals surface area (Å²) in [6, 6.07) is 3.20. The summed E-state index contributed by atoms with van der Waals surface area (Å²) in [6.45, 7) is 6.14. The zero-order valence-electron chi connectivity index (χ0n) is 19.9. The van der Waals surface area contributed by atoms with E-state index in [4.69, 9.17) is 11.6 Å². The Balaban J connectivity index is 1.98. The van der Waals surface area contributed by atoms with E-state index in [9.17, 15) is 13.2 Å². The first-order valence-electron chi connectivity index (χ1n) is 10.6. The first kappa shape index (κ1) is 26.2. The standard InChI is InChI=1S/C21H27ClN8O4S/c1-12(2)30-11-15(16-7-9-24-20(27-16)25-10-13(3)26-21(31)34-4)18(28-30)14-6-8-23-19(17(14)22)29-35(5,32)33/h6-9,11-13H,10H2,1-5H3,(H,23,29)(H,26,31)(H,24,25,27). The molecule has 0 saturated heterocycles. The van der Waals surface area contributed by atoms with E-state index in [2.05, 4.69) is 40.1 Å². The second kappa shape index (κ2) is 10.9. The number of pyridine rings is 1. The number of amides is 1. The minimum absolute atomic E-state index is 0.00819. The van der Waals surface area contributed by atoms with Crippen LogP contribution in [0.1, 0.15) is 26.8 Å². The van der Waals surface area contributed by atoms with E-state index in [0.29, 0.717) is 35.0 Å². The Hall–Kier alpha value is -3.45. The van der Waals surface area contributed by atoms with Gasteiger partial charge in [-0.1, -0.05) is 11.6 Å². The van der Waals surface area contributed by atoms with Gasteiger partial charge >= 0.3 is 6.09 Å². The van der Waals surface area contributed by atoms with Gasteiger partial charge in [-0.3, -0.25) is 9.40 Å². The molecule has 0 aliphatic carbocycles. The lowest BCUT2D eigenvalue weighted by Gasteiger charge is -2.14. The number of aromatic nitrogens is 5. The molecule has 3 aromatic rings. The molecular weight excluding hydrogens is 496 g/mol. The topological polar surface area (TPSA) is 153 Å². The number of halogens is 1. The van der Waals surface area contributed by atoms with Crippen LogP contribution in [-0.2, 0) is 14.8 Å². The fraction of sp³-hybridized carbons (Fsp3) is 0.381. The van der Waals surface area contributed by atoms with Gasteiger partial charge in [0.05, 0.1) is 24.1 Å². The van der Waals surface area contributed by atoms with E-state index < -0.39 is 16.1 Å². The van der Waals surface area contributed by atoms with Crippen molar-refractivity contribution in [2.75, 3.05) is 29.9 Å². The van der Waals surface area contributed by atoms with Gasteiger partial charge < -0.3 is 15.4 Å². The van der Waals surface area contributed by atoms with Crippen molar-refractivity contribution in [3.8, 4) is 22.5 Å². The van der Waals surface area contributed by atoms with Gasteiger partial charge in [-0.25, -0.2) is 28.2 Å². The minimum atomic E-state index is -3.58. The lowest BCUT2D eigenvalue weighted by molar-refractivity contribution is 0.168. The number of ether oxygens (including phenoxy) is 1. The summed E-state index contributed by atoms with van der Waals surface area (Å²) in [6.07, 6.45) is 5.39. The fourth-order valence-corrected chi connectivity index (χ4v) is 3.88. The molecule has 0 aliphatic heterocycles. The van der Waals surface area contributed by atoms with E-state index in [-0.39, 0.29) is 22.9 Å². The number of nitrogens with zero attached hydrogens (tertiary/aromatic N) is 5. The van der Waals surface area contributed by atoms with Crippen molar-refractivity contribution < 1.29 is 17.9 Å². The SMILES string of the molecule is COC(=O)NC(C)CNc1nccc(-c2cn(C(C)C)nc2-c2ccnc(NS(C)(=O)=O)c2Cl)n1. The molecular formula is C21H27ClN8O4S. The molecule has 3 aromatic heterocycles. The van der Waals surface area contributed by atoms with Crippen LogP contribution in [0.25, 0.3) is 22.5 Å². The molecule has 0 saturated carbocycles. The summed E-state index contributed by atoms with van der Waals surface area (Å²) >= 11 is 6.54. The van der Waals surface area contributed by atoms with Crippen LogP contribution in [-0.4, -0.2) is 65.2 Å². The second-order valence-electron chi connectivity index (χ2n) is 8.04. The second-order valence-corrected chi connectivity index (χ2v) is 10.2. The van der Waals surface area contributed by atoms with Crippen LogP contribution in [0.15, 0.2) is 30.7 Å². The van der Waals surface area contributed by atoms with E-state index in [0.717, 1.165) is 6.26 Å². The Labute approximate surface area is 208 Å². The highest BCUT2D eigenvalue weighted by atomic mass is 35.5. The maximum absolute atomic E-state index is 11.7. The van der Waals surface area contributed by atoms with Gasteiger partial charge in [0, 0.05) is 48.3 Å². The molecule has 14 heteroatoms. The Kier molecular flexibility index (Phi) is 8.12. The number of sulfonamides is 1. The molecule has 3 rings (SSSR count). The lowest BCUT2D eigenvalue weighted by Crippen LogP contribution is -2.37. The highest BCUT2D eigenvalue weighted by Crippen LogP contribution is 2.37. The summed E-state index contributed by atoms with van der Waals surface area (Å²) in [5.74, 6) is 0.360. The molecule has 0 bridgehead atoms. The number of carbonyl (C=O) groups excluding carboxylic acids is 1. The zero-order chi connectivity index (χ0) is 25.8. The third kappa shape index (κ3) is 6.79. The highest BCUT2D eigenvalue weighted by Gasteiger charge is 2.21. The third-order valence-corrected chi connectivity index (χ3v) is 5.68. The molecule has 0 radical (unpaired) electrons. The van der Waals surface area contributed by atoms with Crippen molar-refractivity contribution in [3.05, 3.63) is 35.7 Å². The molecule has 12 nitrogen and oxygen atoms in total. The summed E-state index contributed by atoms with van der Waals surface area (Å²) in [5.41, 5.74) is 2.24. The summed E-state index contributed by atoms with van der Waals surface area (Å²) in [4.78, 5) is 24.3. The van der Waals surface area contributed by atoms with Crippen molar-refractivity contribution in [2.24, 2.45) is 0 Å². The molecule has 3 heterocycles. The Morgan fingerprint density at radius 1 is 1.17 bits per heavy atom. The highest BCUT2D eigenvalue weighted by molar-refractivity contribution is 7.92. The molecule has 1 amide bonds. The fourth-order valence-electron chi connectivity index (χ4n) is 3.07. The van der Waals surface area contributed by atoms with Crippen molar-refractivity contribution in [2.45, 2.75) is 32.9 Å². The molecule has 1 atom stereocenters. The van der Waals surface area contributed by atoms with Gasteiger partial charge in [-0.2, -0.15) is 5.10 Å². The van der Waals surface area contributed by atoms with Crippen LogP contribution in [0, 0.1) is 0 Å². The molecule has 3 N–H and O–H groups in total. The van der Waals surface area contributed by atoms with Gasteiger partial charge in [0.25, 0.3) is 0 Å². The normalized spacial score (nSPS) is 12.3. The molecule has 35 heavy (non-hydrogen) atoms. The number of alkyl carbamates (subject to hydrolysis) is 1. The number of hydrogen-bond acceptors (Lipinski definition) is 9. The number of hydrogen-bond donors (Lipinski definition) is 3. The Morgan fingerprint density at radius 2 is 1.89 bits per heavy atom. The Morgan fingerprint density at radius 3 is 2.54 bits per heavy atom. The van der Waals surface area contributed by atoms with E-state index in [1.807, 2.05) is 27.0 Å². The van der Waals surface area contributed by atoms with Crippen LogP contribution >= 0.6 is 11.6 Å². The maximum atomic E-state index is 11.7. The number of carbonyl (C=O) groups is 1. The zero-order valence-corrected chi connectivity index (χ0v) is 21.5. The molecule has 0 fully saturated rings. The van der Waals surface area contributed by atoms with Crippen molar-refractivity contribution >= 4 is 39.5 Å². The Bertz CT molecular complexity index is 1310. The third-order valence-electron chi connectivity index (χ3n) is 4.73. The lowest BCUT2D eigenvalue weighted by atomic mass is 10.1. The first-order chi connectivity index (χ1) is 16.5. The maximum Gasteiger partial charge on any atom is 0.407 e.